The molecule has 1 unspecified atom stereocenters. The number of alkyl halides is 1. The van der Waals surface area contributed by atoms with Gasteiger partial charge in [-0.15, -0.1) is 11.6 Å². The minimum absolute atomic E-state index is 0.220. The lowest BCUT2D eigenvalue weighted by Gasteiger charge is -2.01. The van der Waals surface area contributed by atoms with E-state index in [1.165, 1.54) is 0 Å². The van der Waals surface area contributed by atoms with Crippen molar-refractivity contribution in [3.63, 3.8) is 0 Å². The minimum Gasteiger partial charge on any atom is -0.239 e. The van der Waals surface area contributed by atoms with Gasteiger partial charge in [0.25, 0.3) is 0 Å². The summed E-state index contributed by atoms with van der Waals surface area (Å²) in [5, 5.41) is 8.62. The van der Waals surface area contributed by atoms with Gasteiger partial charge >= 0.3 is 0 Å². The number of aromatic nitrogens is 2. The molecule has 0 fully saturated rings. The molecule has 0 aliphatic rings. The van der Waals surface area contributed by atoms with Crippen molar-refractivity contribution in [3.8, 4) is 6.07 Å². The fourth-order valence-electron chi connectivity index (χ4n) is 0.663. The molecule has 0 aromatic carbocycles. The van der Waals surface area contributed by atoms with E-state index in [1.54, 1.807) is 12.4 Å². The highest BCUT2D eigenvalue weighted by molar-refractivity contribution is 9.10. The second kappa shape index (κ2) is 4.39. The van der Waals surface area contributed by atoms with Crippen LogP contribution in [0.2, 0.25) is 0 Å². The molecule has 0 aliphatic heterocycles. The summed E-state index contributed by atoms with van der Waals surface area (Å²) in [7, 11) is 0. The molecule has 3 nitrogen and oxygen atoms in total. The average Bonchev–Trinajstić information content (AvgIpc) is 2.10. The highest BCUT2D eigenvalue weighted by Crippen LogP contribution is 2.13. The van der Waals surface area contributed by atoms with Crippen LogP contribution in [0.3, 0.4) is 0 Å². The van der Waals surface area contributed by atoms with Gasteiger partial charge in [-0.25, -0.2) is 9.97 Å². The van der Waals surface area contributed by atoms with Crippen LogP contribution in [-0.2, 0) is 0 Å². The quantitative estimate of drug-likeness (QED) is 0.751. The van der Waals surface area contributed by atoms with E-state index in [0.29, 0.717) is 5.82 Å². The fraction of sp³-hybridized carbons (Fsp3) is 0.286. The molecule has 0 saturated carbocycles. The molecule has 0 amide bonds. The smallest absolute Gasteiger partial charge is 0.146 e. The van der Waals surface area contributed by atoms with Crippen molar-refractivity contribution in [1.29, 1.82) is 5.26 Å². The monoisotopic (exact) mass is 245 g/mol. The van der Waals surface area contributed by atoms with E-state index in [-0.39, 0.29) is 5.88 Å². The number of halogens is 2. The minimum atomic E-state index is -0.417. The molecule has 1 rings (SSSR count). The van der Waals surface area contributed by atoms with E-state index in [2.05, 4.69) is 25.9 Å². The third-order valence-corrected chi connectivity index (χ3v) is 1.98. The van der Waals surface area contributed by atoms with Crippen LogP contribution in [0, 0.1) is 11.3 Å². The Labute approximate surface area is 83.5 Å². The van der Waals surface area contributed by atoms with Gasteiger partial charge in [0.15, 0.2) is 0 Å². The molecule has 5 heteroatoms. The maximum atomic E-state index is 8.62. The Morgan fingerprint density at radius 1 is 1.58 bits per heavy atom. The zero-order chi connectivity index (χ0) is 8.97. The third kappa shape index (κ3) is 2.16. The lowest BCUT2D eigenvalue weighted by atomic mass is 10.2. The van der Waals surface area contributed by atoms with Crippen LogP contribution >= 0.6 is 27.5 Å². The van der Waals surface area contributed by atoms with Gasteiger partial charge in [-0.2, -0.15) is 5.26 Å². The Bertz CT molecular complexity index is 293. The van der Waals surface area contributed by atoms with Crippen LogP contribution < -0.4 is 0 Å². The van der Waals surface area contributed by atoms with E-state index in [4.69, 9.17) is 16.9 Å². The zero-order valence-corrected chi connectivity index (χ0v) is 8.38. The summed E-state index contributed by atoms with van der Waals surface area (Å²) in [4.78, 5) is 7.91. The molecule has 0 N–H and O–H groups in total. The molecule has 1 aromatic rings. The van der Waals surface area contributed by atoms with Crippen molar-refractivity contribution in [2.24, 2.45) is 0 Å². The summed E-state index contributed by atoms with van der Waals surface area (Å²) in [6.45, 7) is 0. The van der Waals surface area contributed by atoms with E-state index in [0.717, 1.165) is 4.47 Å². The third-order valence-electron chi connectivity index (χ3n) is 1.26. The highest BCUT2D eigenvalue weighted by atomic mass is 79.9. The summed E-state index contributed by atoms with van der Waals surface area (Å²) in [6.07, 6.45) is 3.19. The first-order chi connectivity index (χ1) is 5.77. The predicted octanol–water partition coefficient (Wildman–Crippen LogP) is 2.09. The van der Waals surface area contributed by atoms with Crippen molar-refractivity contribution >= 4 is 27.5 Å². The van der Waals surface area contributed by atoms with Gasteiger partial charge in [0.2, 0.25) is 0 Å². The molecule has 1 aromatic heterocycles. The average molecular weight is 246 g/mol. The summed E-state index contributed by atoms with van der Waals surface area (Å²) in [5.41, 5.74) is 0. The van der Waals surface area contributed by atoms with Gasteiger partial charge in [0, 0.05) is 18.3 Å². The number of nitriles is 1. The lowest BCUT2D eigenvalue weighted by molar-refractivity contribution is 0.856. The van der Waals surface area contributed by atoms with Crippen LogP contribution in [0.4, 0.5) is 0 Å². The van der Waals surface area contributed by atoms with E-state index >= 15 is 0 Å². The SMILES string of the molecule is N#CC(CCl)c1ncc(Br)cn1. The highest BCUT2D eigenvalue weighted by Gasteiger charge is 2.11. The first-order valence-electron chi connectivity index (χ1n) is 3.21. The van der Waals surface area contributed by atoms with E-state index in [9.17, 15) is 0 Å². The Balaban J connectivity index is 2.89. The van der Waals surface area contributed by atoms with Crippen LogP contribution in [0.1, 0.15) is 11.7 Å². The number of nitrogens with zero attached hydrogens (tertiary/aromatic N) is 3. The second-order valence-corrected chi connectivity index (χ2v) is 3.32. The molecular weight excluding hydrogens is 241 g/mol. The molecule has 1 atom stereocenters. The topological polar surface area (TPSA) is 49.6 Å². The van der Waals surface area contributed by atoms with Crippen LogP contribution in [0.5, 0.6) is 0 Å². The van der Waals surface area contributed by atoms with Crippen molar-refractivity contribution in [2.45, 2.75) is 5.92 Å². The molecular formula is C7H5BrClN3. The predicted molar refractivity (Wildman–Crippen MR) is 48.8 cm³/mol. The number of hydrogen-bond donors (Lipinski definition) is 0. The van der Waals surface area contributed by atoms with E-state index < -0.39 is 5.92 Å². The first-order valence-corrected chi connectivity index (χ1v) is 4.53. The van der Waals surface area contributed by atoms with Gasteiger partial charge in [-0.3, -0.25) is 0 Å². The van der Waals surface area contributed by atoms with Crippen molar-refractivity contribution in [2.75, 3.05) is 5.88 Å². The summed E-state index contributed by atoms with van der Waals surface area (Å²) >= 11 is 8.73. The molecule has 0 bridgehead atoms. The van der Waals surface area contributed by atoms with Crippen LogP contribution in [0.25, 0.3) is 0 Å². The maximum Gasteiger partial charge on any atom is 0.146 e. The Morgan fingerprint density at radius 2 is 2.17 bits per heavy atom. The summed E-state index contributed by atoms with van der Waals surface area (Å²) in [5.74, 6) is 0.272. The van der Waals surface area contributed by atoms with Gasteiger partial charge in [-0.1, -0.05) is 0 Å². The van der Waals surface area contributed by atoms with Gasteiger partial charge < -0.3 is 0 Å². The lowest BCUT2D eigenvalue weighted by Crippen LogP contribution is -2.02. The Kier molecular flexibility index (Phi) is 3.45. The van der Waals surface area contributed by atoms with Crippen molar-refractivity contribution in [1.82, 2.24) is 9.97 Å². The van der Waals surface area contributed by atoms with Crippen molar-refractivity contribution < 1.29 is 0 Å². The zero-order valence-electron chi connectivity index (χ0n) is 6.04. The van der Waals surface area contributed by atoms with Crippen LogP contribution in [-0.4, -0.2) is 15.8 Å². The summed E-state index contributed by atoms with van der Waals surface area (Å²) < 4.78 is 0.789. The molecule has 1 heterocycles. The largest absolute Gasteiger partial charge is 0.239 e. The Morgan fingerprint density at radius 3 is 2.58 bits per heavy atom. The Hall–Kier alpha value is -0.660. The second-order valence-electron chi connectivity index (χ2n) is 2.10. The molecule has 0 saturated heterocycles. The first kappa shape index (κ1) is 9.43. The standard InChI is InChI=1S/C7H5BrClN3/c8-6-3-11-7(12-4-6)5(1-9)2-10/h3-5H,1H2. The fourth-order valence-corrected chi connectivity index (χ4v) is 1.08. The van der Waals surface area contributed by atoms with Crippen LogP contribution in [0.15, 0.2) is 16.9 Å². The van der Waals surface area contributed by atoms with Gasteiger partial charge in [0.05, 0.1) is 10.5 Å². The normalized spacial score (nSPS) is 12.1. The molecule has 0 spiro atoms. The van der Waals surface area contributed by atoms with E-state index in [1.807, 2.05) is 6.07 Å². The molecule has 0 aliphatic carbocycles. The number of rotatable bonds is 2. The maximum absolute atomic E-state index is 8.62. The number of hydrogen-bond acceptors (Lipinski definition) is 3. The van der Waals surface area contributed by atoms with Gasteiger partial charge in [0.1, 0.15) is 11.7 Å². The van der Waals surface area contributed by atoms with Gasteiger partial charge in [-0.05, 0) is 15.9 Å². The summed E-state index contributed by atoms with van der Waals surface area (Å²) in [6, 6.07) is 2.02. The van der Waals surface area contributed by atoms with Crippen molar-refractivity contribution in [3.05, 3.63) is 22.7 Å². The molecule has 12 heavy (non-hydrogen) atoms. The molecule has 62 valence electrons. The molecule has 0 radical (unpaired) electrons.